The molecule has 1 amide bonds. The Morgan fingerprint density at radius 3 is 3.06 bits per heavy atom. The first kappa shape index (κ1) is 12.4. The summed E-state index contributed by atoms with van der Waals surface area (Å²) in [6, 6.07) is 8.98. The topological polar surface area (TPSA) is 66.8 Å². The highest BCUT2D eigenvalue weighted by Gasteiger charge is 2.33. The minimum absolute atomic E-state index is 0.137. The second-order valence-corrected chi connectivity index (χ2v) is 4.11. The van der Waals surface area contributed by atoms with Crippen LogP contribution in [0.3, 0.4) is 0 Å². The summed E-state index contributed by atoms with van der Waals surface area (Å²) in [5.41, 5.74) is 0. The van der Waals surface area contributed by atoms with Gasteiger partial charge in [0.05, 0.1) is 0 Å². The standard InChI is InChI=1S/C13H14NO4/c15-12(9-18-10-5-2-1-3-6-10)14-8-4-7-11(14)13(16)17/h1-2,5-6,11H,4,7-9H2,(H,16,17)/t11-/m1/s1. The molecule has 1 saturated heterocycles. The van der Waals surface area contributed by atoms with Crippen molar-refractivity contribution >= 4 is 11.9 Å². The second-order valence-electron chi connectivity index (χ2n) is 4.11. The molecule has 95 valence electrons. The summed E-state index contributed by atoms with van der Waals surface area (Å²) in [6.07, 6.45) is 1.24. The van der Waals surface area contributed by atoms with E-state index in [1.54, 1.807) is 24.3 Å². The van der Waals surface area contributed by atoms with E-state index < -0.39 is 12.0 Å². The SMILES string of the molecule is O=C(O)[C@H]1CCCN1C(=O)COc1c[c]ccc1. The summed E-state index contributed by atoms with van der Waals surface area (Å²) in [4.78, 5) is 24.2. The van der Waals surface area contributed by atoms with Crippen LogP contribution in [0.25, 0.3) is 0 Å². The van der Waals surface area contributed by atoms with E-state index >= 15 is 0 Å². The quantitative estimate of drug-likeness (QED) is 0.861. The number of carboxylic acids is 1. The number of nitrogens with zero attached hydrogens (tertiary/aromatic N) is 1. The van der Waals surface area contributed by atoms with Crippen LogP contribution in [-0.4, -0.2) is 41.1 Å². The first-order valence-corrected chi connectivity index (χ1v) is 5.79. The van der Waals surface area contributed by atoms with Gasteiger partial charge in [0, 0.05) is 6.54 Å². The largest absolute Gasteiger partial charge is 0.484 e. The summed E-state index contributed by atoms with van der Waals surface area (Å²) < 4.78 is 5.29. The molecule has 1 heterocycles. The third-order valence-corrected chi connectivity index (χ3v) is 2.90. The molecular weight excluding hydrogens is 234 g/mol. The maximum absolute atomic E-state index is 11.9. The van der Waals surface area contributed by atoms with Gasteiger partial charge in [-0.2, -0.15) is 0 Å². The minimum atomic E-state index is -0.950. The van der Waals surface area contributed by atoms with Crippen LogP contribution < -0.4 is 4.74 Å². The van der Waals surface area contributed by atoms with Gasteiger partial charge in [-0.1, -0.05) is 12.1 Å². The van der Waals surface area contributed by atoms with E-state index in [0.29, 0.717) is 18.7 Å². The van der Waals surface area contributed by atoms with Crippen LogP contribution in [0.1, 0.15) is 12.8 Å². The molecule has 1 aliphatic heterocycles. The van der Waals surface area contributed by atoms with Crippen LogP contribution in [0.15, 0.2) is 24.3 Å². The lowest BCUT2D eigenvalue weighted by Gasteiger charge is -2.21. The molecule has 1 aliphatic rings. The number of benzene rings is 1. The van der Waals surface area contributed by atoms with Crippen molar-refractivity contribution in [3.63, 3.8) is 0 Å². The van der Waals surface area contributed by atoms with Crippen molar-refractivity contribution in [2.24, 2.45) is 0 Å². The van der Waals surface area contributed by atoms with Gasteiger partial charge in [-0.05, 0) is 31.0 Å². The Hall–Kier alpha value is -2.04. The van der Waals surface area contributed by atoms with Gasteiger partial charge in [-0.25, -0.2) is 4.79 Å². The van der Waals surface area contributed by atoms with Crippen LogP contribution in [0, 0.1) is 6.07 Å². The molecule has 5 heteroatoms. The molecule has 0 unspecified atom stereocenters. The molecule has 0 aromatic heterocycles. The van der Waals surface area contributed by atoms with Crippen molar-refractivity contribution in [1.29, 1.82) is 0 Å². The highest BCUT2D eigenvalue weighted by molar-refractivity contribution is 5.85. The maximum Gasteiger partial charge on any atom is 0.326 e. The number of rotatable bonds is 4. The van der Waals surface area contributed by atoms with Gasteiger partial charge in [-0.15, -0.1) is 0 Å². The third-order valence-electron chi connectivity index (χ3n) is 2.90. The Morgan fingerprint density at radius 1 is 1.56 bits per heavy atom. The van der Waals surface area contributed by atoms with E-state index in [9.17, 15) is 9.59 Å². The number of aliphatic carboxylic acids is 1. The van der Waals surface area contributed by atoms with Crippen LogP contribution in [-0.2, 0) is 9.59 Å². The molecule has 1 fully saturated rings. The van der Waals surface area contributed by atoms with Gasteiger partial charge in [0.15, 0.2) is 6.61 Å². The van der Waals surface area contributed by atoms with Crippen LogP contribution in [0.5, 0.6) is 5.75 Å². The summed E-state index contributed by atoms with van der Waals surface area (Å²) in [7, 11) is 0. The van der Waals surface area contributed by atoms with E-state index in [-0.39, 0.29) is 12.5 Å². The fourth-order valence-electron chi connectivity index (χ4n) is 2.02. The zero-order valence-electron chi connectivity index (χ0n) is 9.83. The molecule has 0 bridgehead atoms. The third kappa shape index (κ3) is 2.80. The van der Waals surface area contributed by atoms with Crippen molar-refractivity contribution in [1.82, 2.24) is 4.90 Å². The Kier molecular flexibility index (Phi) is 3.82. The average Bonchev–Trinajstić information content (AvgIpc) is 2.86. The van der Waals surface area contributed by atoms with E-state index in [1.165, 1.54) is 4.90 Å². The zero-order chi connectivity index (χ0) is 13.0. The Bertz CT molecular complexity index is 432. The molecule has 1 radical (unpaired) electrons. The molecule has 0 saturated carbocycles. The summed E-state index contributed by atoms with van der Waals surface area (Å²) in [5, 5.41) is 8.98. The minimum Gasteiger partial charge on any atom is -0.484 e. The second kappa shape index (κ2) is 5.53. The highest BCUT2D eigenvalue weighted by Crippen LogP contribution is 2.18. The predicted octanol–water partition coefficient (Wildman–Crippen LogP) is 0.941. The number of hydrogen-bond acceptors (Lipinski definition) is 3. The lowest BCUT2D eigenvalue weighted by atomic mass is 10.2. The van der Waals surface area contributed by atoms with Crippen molar-refractivity contribution in [2.45, 2.75) is 18.9 Å². The number of ether oxygens (including phenoxy) is 1. The van der Waals surface area contributed by atoms with Crippen molar-refractivity contribution < 1.29 is 19.4 Å². The van der Waals surface area contributed by atoms with Crippen molar-refractivity contribution in [3.05, 3.63) is 30.3 Å². The summed E-state index contributed by atoms with van der Waals surface area (Å²) in [5.74, 6) is -0.686. The van der Waals surface area contributed by atoms with Crippen LogP contribution in [0.2, 0.25) is 0 Å². The molecule has 1 atom stereocenters. The van der Waals surface area contributed by atoms with Gasteiger partial charge in [-0.3, -0.25) is 4.79 Å². The van der Waals surface area contributed by atoms with E-state index in [0.717, 1.165) is 6.42 Å². The molecule has 1 N–H and O–H groups in total. The molecule has 0 spiro atoms. The number of carbonyl (C=O) groups is 2. The smallest absolute Gasteiger partial charge is 0.326 e. The van der Waals surface area contributed by atoms with Gasteiger partial charge in [0.2, 0.25) is 0 Å². The number of hydrogen-bond donors (Lipinski definition) is 1. The van der Waals surface area contributed by atoms with Gasteiger partial charge in [0.1, 0.15) is 11.8 Å². The predicted molar refractivity (Wildman–Crippen MR) is 63.1 cm³/mol. The molecule has 5 nitrogen and oxygen atoms in total. The average molecular weight is 248 g/mol. The first-order valence-electron chi connectivity index (χ1n) is 5.79. The molecule has 18 heavy (non-hydrogen) atoms. The first-order chi connectivity index (χ1) is 8.68. The van der Waals surface area contributed by atoms with Crippen LogP contribution in [0.4, 0.5) is 0 Å². The zero-order valence-corrected chi connectivity index (χ0v) is 9.83. The van der Waals surface area contributed by atoms with Crippen molar-refractivity contribution in [2.75, 3.05) is 13.2 Å². The molecular formula is C13H14NO4. The van der Waals surface area contributed by atoms with E-state index in [4.69, 9.17) is 9.84 Å². The number of carbonyl (C=O) groups excluding carboxylic acids is 1. The van der Waals surface area contributed by atoms with Gasteiger partial charge < -0.3 is 14.7 Å². The maximum atomic E-state index is 11.9. The number of amides is 1. The fourth-order valence-corrected chi connectivity index (χ4v) is 2.02. The van der Waals surface area contributed by atoms with Gasteiger partial charge in [0.25, 0.3) is 5.91 Å². The van der Waals surface area contributed by atoms with Crippen LogP contribution >= 0.6 is 0 Å². The molecule has 1 aromatic carbocycles. The molecule has 1 aromatic rings. The number of likely N-dealkylation sites (tertiary alicyclic amines) is 1. The lowest BCUT2D eigenvalue weighted by Crippen LogP contribution is -2.42. The molecule has 0 aliphatic carbocycles. The molecule has 2 rings (SSSR count). The summed E-state index contributed by atoms with van der Waals surface area (Å²) in [6.45, 7) is 0.349. The Balaban J connectivity index is 1.90. The highest BCUT2D eigenvalue weighted by atomic mass is 16.5. The Morgan fingerprint density at radius 2 is 2.39 bits per heavy atom. The lowest BCUT2D eigenvalue weighted by molar-refractivity contribution is -0.148. The summed E-state index contributed by atoms with van der Waals surface area (Å²) >= 11 is 0. The fraction of sp³-hybridized carbons (Fsp3) is 0.385. The van der Waals surface area contributed by atoms with E-state index in [1.807, 2.05) is 0 Å². The Labute approximate surface area is 105 Å². The monoisotopic (exact) mass is 248 g/mol. The van der Waals surface area contributed by atoms with Gasteiger partial charge >= 0.3 is 5.97 Å². The number of carboxylic acid groups (broad SMARTS) is 1. The normalized spacial score (nSPS) is 18.7. The van der Waals surface area contributed by atoms with E-state index in [2.05, 4.69) is 6.07 Å². The van der Waals surface area contributed by atoms with Crippen molar-refractivity contribution in [3.8, 4) is 5.75 Å².